The lowest BCUT2D eigenvalue weighted by Gasteiger charge is -2.25. The maximum Gasteiger partial charge on any atom is 0.359 e. The molecule has 0 saturated heterocycles. The van der Waals surface area contributed by atoms with Crippen molar-refractivity contribution in [3.63, 3.8) is 0 Å². The van der Waals surface area contributed by atoms with E-state index >= 15 is 0 Å². The Morgan fingerprint density at radius 3 is 2.82 bits per heavy atom. The van der Waals surface area contributed by atoms with Crippen LogP contribution < -0.4 is 0 Å². The molecular formula is C16H20N4O2. The van der Waals surface area contributed by atoms with E-state index in [4.69, 9.17) is 4.74 Å². The summed E-state index contributed by atoms with van der Waals surface area (Å²) in [6.07, 6.45) is 4.94. The average molecular weight is 300 g/mol. The maximum absolute atomic E-state index is 12.2. The number of fused-ring (bicyclic) bond motifs is 3. The Bertz CT molecular complexity index is 728. The number of rotatable bonds is 2. The van der Waals surface area contributed by atoms with Gasteiger partial charge in [0.2, 0.25) is 0 Å². The van der Waals surface area contributed by atoms with Crippen molar-refractivity contribution in [3.05, 3.63) is 29.3 Å². The van der Waals surface area contributed by atoms with Gasteiger partial charge in [-0.2, -0.15) is 5.10 Å². The van der Waals surface area contributed by atoms with Crippen LogP contribution >= 0.6 is 0 Å². The number of carbonyl (C=O) groups is 1. The molecule has 1 aliphatic carbocycles. The molecule has 2 heterocycles. The molecule has 0 aliphatic heterocycles. The van der Waals surface area contributed by atoms with Gasteiger partial charge >= 0.3 is 5.97 Å². The Kier molecular flexibility index (Phi) is 3.47. The van der Waals surface area contributed by atoms with Crippen LogP contribution in [0.25, 0.3) is 11.4 Å². The van der Waals surface area contributed by atoms with Crippen LogP contribution in [0, 0.1) is 0 Å². The molecule has 2 aromatic rings. The zero-order chi connectivity index (χ0) is 15.9. The van der Waals surface area contributed by atoms with Crippen molar-refractivity contribution >= 4 is 5.97 Å². The van der Waals surface area contributed by atoms with Gasteiger partial charge in [-0.25, -0.2) is 14.8 Å². The molecule has 0 saturated carbocycles. The minimum atomic E-state index is -0.362. The van der Waals surface area contributed by atoms with Gasteiger partial charge < -0.3 is 4.74 Å². The van der Waals surface area contributed by atoms with Crippen LogP contribution in [0.15, 0.2) is 12.5 Å². The second-order valence-electron chi connectivity index (χ2n) is 6.38. The van der Waals surface area contributed by atoms with E-state index in [1.807, 2.05) is 10.9 Å². The topological polar surface area (TPSA) is 69.9 Å². The van der Waals surface area contributed by atoms with Crippen molar-refractivity contribution in [1.82, 2.24) is 19.7 Å². The van der Waals surface area contributed by atoms with Gasteiger partial charge in [0, 0.05) is 11.8 Å². The fourth-order valence-corrected chi connectivity index (χ4v) is 2.79. The van der Waals surface area contributed by atoms with Crippen LogP contribution in [0.2, 0.25) is 0 Å². The summed E-state index contributed by atoms with van der Waals surface area (Å²) in [6.45, 7) is 8.32. The van der Waals surface area contributed by atoms with E-state index in [-0.39, 0.29) is 11.5 Å². The first-order chi connectivity index (χ1) is 10.4. The fourth-order valence-electron chi connectivity index (χ4n) is 2.79. The van der Waals surface area contributed by atoms with E-state index < -0.39 is 0 Å². The molecule has 0 atom stereocenters. The van der Waals surface area contributed by atoms with Gasteiger partial charge in [0.1, 0.15) is 6.33 Å². The standard InChI is InChI=1S/C16H20N4O2/c1-5-22-15(21)13-11-7-6-10-8-17-9-18-12(10)14(11)20(19-13)16(2,3)4/h8-9H,5-7H2,1-4H3. The minimum Gasteiger partial charge on any atom is -0.461 e. The van der Waals surface area contributed by atoms with Crippen molar-refractivity contribution < 1.29 is 9.53 Å². The molecule has 6 nitrogen and oxygen atoms in total. The van der Waals surface area contributed by atoms with E-state index in [9.17, 15) is 4.79 Å². The molecule has 0 unspecified atom stereocenters. The van der Waals surface area contributed by atoms with E-state index in [1.54, 1.807) is 6.92 Å². The molecule has 6 heteroatoms. The second-order valence-corrected chi connectivity index (χ2v) is 6.38. The Morgan fingerprint density at radius 2 is 2.14 bits per heavy atom. The number of ether oxygens (including phenoxy) is 1. The van der Waals surface area contributed by atoms with Crippen LogP contribution in [0.1, 0.15) is 49.3 Å². The van der Waals surface area contributed by atoms with Gasteiger partial charge in [-0.3, -0.25) is 4.68 Å². The normalized spacial score (nSPS) is 13.5. The Balaban J connectivity index is 2.25. The van der Waals surface area contributed by atoms with Crippen LogP contribution in [0.3, 0.4) is 0 Å². The number of nitrogens with zero attached hydrogens (tertiary/aromatic N) is 4. The summed E-state index contributed by atoms with van der Waals surface area (Å²) in [5.41, 5.74) is 3.97. The van der Waals surface area contributed by atoms with Crippen molar-refractivity contribution in [2.24, 2.45) is 0 Å². The van der Waals surface area contributed by atoms with Crippen LogP contribution in [0.5, 0.6) is 0 Å². The molecule has 0 N–H and O–H groups in total. The molecule has 0 fully saturated rings. The first-order valence-electron chi connectivity index (χ1n) is 7.52. The lowest BCUT2D eigenvalue weighted by atomic mass is 9.92. The van der Waals surface area contributed by atoms with Crippen LogP contribution in [0.4, 0.5) is 0 Å². The Hall–Kier alpha value is -2.24. The number of aromatic nitrogens is 4. The molecule has 0 radical (unpaired) electrons. The van der Waals surface area contributed by atoms with E-state index in [1.165, 1.54) is 6.33 Å². The maximum atomic E-state index is 12.2. The zero-order valence-electron chi connectivity index (χ0n) is 13.4. The molecule has 0 aromatic carbocycles. The first-order valence-corrected chi connectivity index (χ1v) is 7.52. The molecule has 0 spiro atoms. The molecule has 0 amide bonds. The minimum absolute atomic E-state index is 0.256. The monoisotopic (exact) mass is 300 g/mol. The number of hydrogen-bond acceptors (Lipinski definition) is 5. The summed E-state index contributed by atoms with van der Waals surface area (Å²) in [4.78, 5) is 20.8. The van der Waals surface area contributed by atoms with Gasteiger partial charge in [0.15, 0.2) is 5.69 Å². The summed E-state index contributed by atoms with van der Waals surface area (Å²) < 4.78 is 7.05. The van der Waals surface area contributed by atoms with Gasteiger partial charge in [-0.05, 0) is 46.1 Å². The summed E-state index contributed by atoms with van der Waals surface area (Å²) in [5.74, 6) is -0.362. The van der Waals surface area contributed by atoms with E-state index in [2.05, 4.69) is 35.8 Å². The predicted molar refractivity (Wildman–Crippen MR) is 81.6 cm³/mol. The summed E-state index contributed by atoms with van der Waals surface area (Å²) in [6, 6.07) is 0. The average Bonchev–Trinajstić information content (AvgIpc) is 2.87. The number of hydrogen-bond donors (Lipinski definition) is 0. The highest BCUT2D eigenvalue weighted by molar-refractivity contribution is 5.91. The van der Waals surface area contributed by atoms with Crippen molar-refractivity contribution in [3.8, 4) is 11.4 Å². The predicted octanol–water partition coefficient (Wildman–Crippen LogP) is 2.37. The lowest BCUT2D eigenvalue weighted by Crippen LogP contribution is -2.25. The van der Waals surface area contributed by atoms with Gasteiger partial charge in [-0.1, -0.05) is 0 Å². The van der Waals surface area contributed by atoms with Crippen molar-refractivity contribution in [2.75, 3.05) is 6.61 Å². The summed E-state index contributed by atoms with van der Waals surface area (Å²) in [5, 5.41) is 4.56. The van der Waals surface area contributed by atoms with Crippen molar-refractivity contribution in [2.45, 2.75) is 46.1 Å². The highest BCUT2D eigenvalue weighted by atomic mass is 16.5. The molecule has 3 rings (SSSR count). The molecular weight excluding hydrogens is 280 g/mol. The van der Waals surface area contributed by atoms with E-state index in [0.29, 0.717) is 12.3 Å². The van der Waals surface area contributed by atoms with Gasteiger partial charge in [-0.15, -0.1) is 0 Å². The van der Waals surface area contributed by atoms with Crippen LogP contribution in [-0.4, -0.2) is 32.3 Å². The van der Waals surface area contributed by atoms with Crippen LogP contribution in [-0.2, 0) is 23.1 Å². The largest absolute Gasteiger partial charge is 0.461 e. The molecule has 0 bridgehead atoms. The van der Waals surface area contributed by atoms with Gasteiger partial charge in [0.05, 0.1) is 23.5 Å². The molecule has 22 heavy (non-hydrogen) atoms. The smallest absolute Gasteiger partial charge is 0.359 e. The zero-order valence-corrected chi connectivity index (χ0v) is 13.4. The summed E-state index contributed by atoms with van der Waals surface area (Å²) in [7, 11) is 0. The summed E-state index contributed by atoms with van der Waals surface area (Å²) >= 11 is 0. The van der Waals surface area contributed by atoms with Crippen molar-refractivity contribution in [1.29, 1.82) is 0 Å². The third-order valence-corrected chi connectivity index (χ3v) is 3.74. The number of aryl methyl sites for hydroxylation is 1. The fraction of sp³-hybridized carbons (Fsp3) is 0.500. The third kappa shape index (κ3) is 2.28. The highest BCUT2D eigenvalue weighted by Crippen LogP contribution is 2.36. The second kappa shape index (κ2) is 5.19. The number of esters is 1. The SMILES string of the molecule is CCOC(=O)c1nn(C(C)(C)C)c2c1CCc1cncnc1-2. The lowest BCUT2D eigenvalue weighted by molar-refractivity contribution is 0.0516. The molecule has 2 aromatic heterocycles. The quantitative estimate of drug-likeness (QED) is 0.796. The van der Waals surface area contributed by atoms with Gasteiger partial charge in [0.25, 0.3) is 0 Å². The third-order valence-electron chi connectivity index (χ3n) is 3.74. The molecule has 1 aliphatic rings. The highest BCUT2D eigenvalue weighted by Gasteiger charge is 2.33. The first kappa shape index (κ1) is 14.7. The molecule has 116 valence electrons. The Morgan fingerprint density at radius 1 is 1.36 bits per heavy atom. The number of carbonyl (C=O) groups excluding carboxylic acids is 1. The van der Waals surface area contributed by atoms with E-state index in [0.717, 1.165) is 35.4 Å². The Labute approximate surface area is 129 Å².